The van der Waals surface area contributed by atoms with E-state index in [1.165, 1.54) is 50.9 Å². The summed E-state index contributed by atoms with van der Waals surface area (Å²) in [5, 5.41) is 11.5. The predicted molar refractivity (Wildman–Crippen MR) is 129 cm³/mol. The molecule has 0 fully saturated rings. The first-order valence-electron chi connectivity index (χ1n) is 10.1. The fourth-order valence-corrected chi connectivity index (χ4v) is 4.40. The molecule has 0 bridgehead atoms. The van der Waals surface area contributed by atoms with Crippen molar-refractivity contribution in [2.45, 2.75) is 6.92 Å². The lowest BCUT2D eigenvalue weighted by atomic mass is 10.1. The number of nitro groups is 1. The number of thiazole rings is 1. The second-order valence-corrected chi connectivity index (χ2v) is 8.46. The Morgan fingerprint density at radius 2 is 1.76 bits per heavy atom. The molecular formula is C24H21N3O6S. The number of ketones is 1. The molecule has 0 aliphatic rings. The lowest BCUT2D eigenvalue weighted by Gasteiger charge is -2.08. The Bertz CT molecular complexity index is 1440. The molecule has 0 radical (unpaired) electrons. The molecule has 0 amide bonds. The van der Waals surface area contributed by atoms with Crippen LogP contribution in [-0.4, -0.2) is 41.4 Å². The van der Waals surface area contributed by atoms with Crippen molar-refractivity contribution in [3.05, 3.63) is 74.9 Å². The molecule has 174 valence electrons. The van der Waals surface area contributed by atoms with E-state index in [1.807, 2.05) is 17.5 Å². The number of carbonyl (C=O) groups is 1. The van der Waals surface area contributed by atoms with E-state index in [2.05, 4.69) is 4.98 Å². The molecule has 0 saturated carbocycles. The van der Waals surface area contributed by atoms with Gasteiger partial charge in [-0.05, 0) is 49.4 Å². The maximum Gasteiger partial charge on any atom is 0.311 e. The number of hydrogen-bond donors (Lipinski definition) is 0. The van der Waals surface area contributed by atoms with Gasteiger partial charge in [-0.15, -0.1) is 11.3 Å². The first kappa shape index (κ1) is 23.0. The van der Waals surface area contributed by atoms with E-state index in [9.17, 15) is 14.9 Å². The second kappa shape index (κ2) is 9.36. The van der Waals surface area contributed by atoms with Gasteiger partial charge in [0.1, 0.15) is 0 Å². The topological polar surface area (TPSA) is 105 Å². The molecule has 2 aromatic carbocycles. The monoisotopic (exact) mass is 479 g/mol. The molecule has 0 aliphatic carbocycles. The lowest BCUT2D eigenvalue weighted by Crippen LogP contribution is -1.98. The molecule has 0 aliphatic heterocycles. The summed E-state index contributed by atoms with van der Waals surface area (Å²) >= 11 is 1.48. The number of benzene rings is 2. The Labute approximate surface area is 199 Å². The number of allylic oxidation sites excluding steroid dienone is 1. The molecule has 0 atom stereocenters. The van der Waals surface area contributed by atoms with Crippen LogP contribution in [0, 0.1) is 17.0 Å². The Kier molecular flexibility index (Phi) is 6.33. The van der Waals surface area contributed by atoms with Crippen LogP contribution in [-0.2, 0) is 0 Å². The summed E-state index contributed by atoms with van der Waals surface area (Å²) in [4.78, 5) is 30.3. The number of carbonyl (C=O) groups excluding carboxylic acids is 1. The quantitative estimate of drug-likeness (QED) is 0.148. The summed E-state index contributed by atoms with van der Waals surface area (Å²) in [6.45, 7) is 1.96. The van der Waals surface area contributed by atoms with Crippen LogP contribution in [0.3, 0.4) is 0 Å². The second-order valence-electron chi connectivity index (χ2n) is 7.25. The highest BCUT2D eigenvalue weighted by Crippen LogP contribution is 2.35. The lowest BCUT2D eigenvalue weighted by molar-refractivity contribution is -0.385. The van der Waals surface area contributed by atoms with Crippen LogP contribution >= 0.6 is 11.3 Å². The highest BCUT2D eigenvalue weighted by molar-refractivity contribution is 7.17. The third kappa shape index (κ3) is 4.23. The van der Waals surface area contributed by atoms with Crippen molar-refractivity contribution in [2.75, 3.05) is 21.3 Å². The molecular weight excluding hydrogens is 458 g/mol. The normalized spacial score (nSPS) is 11.2. The van der Waals surface area contributed by atoms with E-state index in [0.29, 0.717) is 39.0 Å². The highest BCUT2D eigenvalue weighted by atomic mass is 32.1. The summed E-state index contributed by atoms with van der Waals surface area (Å²) in [5.41, 5.74) is 1.96. The van der Waals surface area contributed by atoms with Gasteiger partial charge < -0.3 is 14.2 Å². The fourth-order valence-electron chi connectivity index (χ4n) is 3.56. The molecule has 34 heavy (non-hydrogen) atoms. The number of aryl methyl sites for hydroxylation is 1. The number of nitrogens with zero attached hydrogens (tertiary/aromatic N) is 3. The van der Waals surface area contributed by atoms with Gasteiger partial charge in [-0.2, -0.15) is 0 Å². The van der Waals surface area contributed by atoms with Gasteiger partial charge in [0, 0.05) is 28.3 Å². The van der Waals surface area contributed by atoms with Gasteiger partial charge in [-0.25, -0.2) is 4.98 Å². The number of hydrogen-bond acceptors (Lipinski definition) is 8. The molecule has 0 spiro atoms. The van der Waals surface area contributed by atoms with Gasteiger partial charge in [0.15, 0.2) is 28.0 Å². The smallest absolute Gasteiger partial charge is 0.311 e. The molecule has 4 aromatic rings. The van der Waals surface area contributed by atoms with E-state index in [0.717, 1.165) is 4.88 Å². The van der Waals surface area contributed by atoms with Gasteiger partial charge in [-0.1, -0.05) is 0 Å². The number of nitro benzene ring substituents is 1. The van der Waals surface area contributed by atoms with E-state index in [1.54, 1.807) is 30.3 Å². The van der Waals surface area contributed by atoms with Crippen LogP contribution < -0.4 is 14.2 Å². The van der Waals surface area contributed by atoms with Gasteiger partial charge in [-0.3, -0.25) is 19.3 Å². The largest absolute Gasteiger partial charge is 0.493 e. The summed E-state index contributed by atoms with van der Waals surface area (Å²) in [6.07, 6.45) is 5.02. The van der Waals surface area contributed by atoms with Crippen molar-refractivity contribution < 1.29 is 23.9 Å². The zero-order valence-corrected chi connectivity index (χ0v) is 19.7. The fraction of sp³-hybridized carbons (Fsp3) is 0.167. The summed E-state index contributed by atoms with van der Waals surface area (Å²) in [5.74, 6) is 0.895. The maximum atomic E-state index is 12.9. The van der Waals surface area contributed by atoms with Gasteiger partial charge in [0.2, 0.25) is 0 Å². The van der Waals surface area contributed by atoms with Crippen LogP contribution in [0.15, 0.2) is 48.7 Å². The summed E-state index contributed by atoms with van der Waals surface area (Å²) in [7, 11) is 4.41. The minimum absolute atomic E-state index is 0.159. The van der Waals surface area contributed by atoms with Crippen LogP contribution in [0.25, 0.3) is 22.3 Å². The third-order valence-electron chi connectivity index (χ3n) is 5.19. The highest BCUT2D eigenvalue weighted by Gasteiger charge is 2.20. The van der Waals surface area contributed by atoms with Crippen molar-refractivity contribution in [3.63, 3.8) is 0 Å². The number of ether oxygens (including phenoxy) is 3. The molecule has 0 unspecified atom stereocenters. The molecule has 4 rings (SSSR count). The summed E-state index contributed by atoms with van der Waals surface area (Å²) in [6, 6.07) is 9.60. The average Bonchev–Trinajstić information content (AvgIpc) is 3.37. The Morgan fingerprint density at radius 3 is 2.44 bits per heavy atom. The minimum Gasteiger partial charge on any atom is -0.493 e. The Hall–Kier alpha value is -4.18. The van der Waals surface area contributed by atoms with Crippen molar-refractivity contribution in [3.8, 4) is 28.5 Å². The van der Waals surface area contributed by atoms with E-state index in [-0.39, 0.29) is 17.2 Å². The van der Waals surface area contributed by atoms with Gasteiger partial charge in [0.05, 0.1) is 37.6 Å². The van der Waals surface area contributed by atoms with E-state index in [4.69, 9.17) is 14.2 Å². The zero-order chi connectivity index (χ0) is 24.4. The molecule has 2 heterocycles. The average molecular weight is 480 g/mol. The zero-order valence-electron chi connectivity index (χ0n) is 18.9. The molecule has 0 N–H and O–H groups in total. The molecule has 10 heteroatoms. The van der Waals surface area contributed by atoms with Crippen molar-refractivity contribution in [1.29, 1.82) is 0 Å². The van der Waals surface area contributed by atoms with Gasteiger partial charge in [0.25, 0.3) is 0 Å². The van der Waals surface area contributed by atoms with Crippen LogP contribution in [0.2, 0.25) is 0 Å². The third-order valence-corrected chi connectivity index (χ3v) is 6.09. The standard InChI is InChI=1S/C24H21N3O6S/c1-14-13-26-17(7-8-19(28)15-5-10-21(32-3)22(12-15)33-4)23(25-24(26)34-14)16-6-9-20(31-2)18(11-16)27(29)30/h5-13H,1-4H3. The van der Waals surface area contributed by atoms with E-state index < -0.39 is 4.92 Å². The minimum atomic E-state index is -0.499. The maximum absolute atomic E-state index is 12.9. The van der Waals surface area contributed by atoms with Crippen LogP contribution in [0.1, 0.15) is 20.9 Å². The molecule has 2 aromatic heterocycles. The molecule has 9 nitrogen and oxygen atoms in total. The van der Waals surface area contributed by atoms with E-state index >= 15 is 0 Å². The number of methoxy groups -OCH3 is 3. The predicted octanol–water partition coefficient (Wildman–Crippen LogP) is 5.20. The molecule has 0 saturated heterocycles. The number of imidazole rings is 1. The number of fused-ring (bicyclic) bond motifs is 1. The SMILES string of the molecule is COc1ccc(C(=O)C=Cc2c(-c3ccc(OC)c([N+](=O)[O-])c3)nc3sc(C)cn23)cc1OC. The Balaban J connectivity index is 1.78. The van der Waals surface area contributed by atoms with Crippen molar-refractivity contribution in [1.82, 2.24) is 9.38 Å². The van der Waals surface area contributed by atoms with Crippen molar-refractivity contribution >= 4 is 33.8 Å². The van der Waals surface area contributed by atoms with Crippen molar-refractivity contribution in [2.24, 2.45) is 0 Å². The number of aromatic nitrogens is 2. The van der Waals surface area contributed by atoms with Crippen LogP contribution in [0.4, 0.5) is 5.69 Å². The van der Waals surface area contributed by atoms with Crippen LogP contribution in [0.5, 0.6) is 17.2 Å². The number of rotatable bonds is 8. The Morgan fingerprint density at radius 1 is 1.06 bits per heavy atom. The first-order chi connectivity index (χ1) is 16.4. The summed E-state index contributed by atoms with van der Waals surface area (Å²) < 4.78 is 17.5. The first-order valence-corrected chi connectivity index (χ1v) is 10.9. The van der Waals surface area contributed by atoms with Gasteiger partial charge >= 0.3 is 5.69 Å².